The van der Waals surface area contributed by atoms with Crippen LogP contribution in [0.4, 0.5) is 0 Å². The van der Waals surface area contributed by atoms with Gasteiger partial charge in [-0.25, -0.2) is 0 Å². The molecule has 0 radical (unpaired) electrons. The maximum atomic E-state index is 9.57. The Morgan fingerprint density at radius 3 is 2.33 bits per heavy atom. The van der Waals surface area contributed by atoms with Crippen molar-refractivity contribution < 1.29 is 5.11 Å². The number of hydrogen-bond donors (Lipinski definition) is 2. The summed E-state index contributed by atoms with van der Waals surface area (Å²) < 4.78 is 0. The summed E-state index contributed by atoms with van der Waals surface area (Å²) in [6.45, 7) is 3.95. The number of likely N-dealkylation sites (N-methyl/N-ethyl adjacent to an activating group) is 1. The van der Waals surface area contributed by atoms with Crippen molar-refractivity contribution in [1.82, 2.24) is 5.32 Å². The van der Waals surface area contributed by atoms with E-state index in [0.717, 1.165) is 11.3 Å². The molecular formula is C12H19NOS. The van der Waals surface area contributed by atoms with Gasteiger partial charge >= 0.3 is 0 Å². The highest BCUT2D eigenvalue weighted by molar-refractivity contribution is 7.99. The minimum Gasteiger partial charge on any atom is -0.391 e. The van der Waals surface area contributed by atoms with Crippen LogP contribution in [0.1, 0.15) is 25.5 Å². The Hall–Kier alpha value is -0.510. The molecule has 0 amide bonds. The summed E-state index contributed by atoms with van der Waals surface area (Å²) in [5, 5.41) is 12.7. The van der Waals surface area contributed by atoms with Crippen molar-refractivity contribution in [1.29, 1.82) is 0 Å². The van der Waals surface area contributed by atoms with Gasteiger partial charge in [-0.05, 0) is 37.4 Å². The molecule has 15 heavy (non-hydrogen) atoms. The first-order valence-corrected chi connectivity index (χ1v) is 6.25. The molecule has 0 aliphatic carbocycles. The summed E-state index contributed by atoms with van der Waals surface area (Å²) in [7, 11) is 1.87. The molecule has 2 unspecified atom stereocenters. The predicted molar refractivity (Wildman–Crippen MR) is 66.3 cm³/mol. The molecule has 2 nitrogen and oxygen atoms in total. The summed E-state index contributed by atoms with van der Waals surface area (Å²) in [5.74, 6) is 1.09. The fourth-order valence-electron chi connectivity index (χ4n) is 1.62. The molecule has 0 bridgehead atoms. The van der Waals surface area contributed by atoms with E-state index >= 15 is 0 Å². The van der Waals surface area contributed by atoms with Gasteiger partial charge in [0.1, 0.15) is 0 Å². The molecule has 0 saturated heterocycles. The van der Waals surface area contributed by atoms with Crippen LogP contribution >= 0.6 is 11.8 Å². The molecule has 84 valence electrons. The van der Waals surface area contributed by atoms with E-state index in [9.17, 15) is 5.11 Å². The molecule has 0 aromatic heterocycles. The molecule has 0 saturated carbocycles. The first-order valence-electron chi connectivity index (χ1n) is 5.27. The van der Waals surface area contributed by atoms with Gasteiger partial charge in [-0.1, -0.05) is 19.1 Å². The lowest BCUT2D eigenvalue weighted by atomic mass is 10.0. The number of hydrogen-bond acceptors (Lipinski definition) is 3. The van der Waals surface area contributed by atoms with Gasteiger partial charge in [0, 0.05) is 4.90 Å². The zero-order valence-corrected chi connectivity index (χ0v) is 10.3. The second kappa shape index (κ2) is 6.16. The largest absolute Gasteiger partial charge is 0.391 e. The molecule has 0 fully saturated rings. The van der Waals surface area contributed by atoms with E-state index in [1.165, 1.54) is 4.90 Å². The fourth-order valence-corrected chi connectivity index (χ4v) is 2.29. The van der Waals surface area contributed by atoms with Crippen molar-refractivity contribution in [2.75, 3.05) is 12.8 Å². The van der Waals surface area contributed by atoms with E-state index in [0.29, 0.717) is 0 Å². The van der Waals surface area contributed by atoms with Crippen molar-refractivity contribution in [2.24, 2.45) is 0 Å². The summed E-state index contributed by atoms with van der Waals surface area (Å²) in [4.78, 5) is 1.28. The Balaban J connectivity index is 2.77. The van der Waals surface area contributed by atoms with Gasteiger partial charge in [-0.15, -0.1) is 11.8 Å². The third-order valence-corrected chi connectivity index (χ3v) is 3.24. The normalized spacial score (nSPS) is 14.9. The van der Waals surface area contributed by atoms with Crippen LogP contribution < -0.4 is 5.32 Å². The minimum absolute atomic E-state index is 0.0191. The lowest BCUT2D eigenvalue weighted by Crippen LogP contribution is -2.26. The van der Waals surface area contributed by atoms with Crippen LogP contribution in [0.2, 0.25) is 0 Å². The van der Waals surface area contributed by atoms with Gasteiger partial charge < -0.3 is 10.4 Å². The Bertz CT molecular complexity index is 284. The highest BCUT2D eigenvalue weighted by atomic mass is 32.2. The Kier molecular flexibility index (Phi) is 5.15. The summed E-state index contributed by atoms with van der Waals surface area (Å²) >= 11 is 1.83. The van der Waals surface area contributed by atoms with E-state index in [-0.39, 0.29) is 12.1 Å². The maximum Gasteiger partial charge on any atom is 0.0706 e. The highest BCUT2D eigenvalue weighted by Crippen LogP contribution is 2.22. The van der Waals surface area contributed by atoms with Crippen molar-refractivity contribution >= 4 is 11.8 Å². The zero-order chi connectivity index (χ0) is 11.3. The monoisotopic (exact) mass is 225 g/mol. The van der Waals surface area contributed by atoms with E-state index in [4.69, 9.17) is 0 Å². The maximum absolute atomic E-state index is 9.57. The van der Waals surface area contributed by atoms with E-state index in [1.54, 1.807) is 6.92 Å². The summed E-state index contributed by atoms with van der Waals surface area (Å²) in [6, 6.07) is 8.38. The molecule has 3 heteroatoms. The van der Waals surface area contributed by atoms with Gasteiger partial charge in [-0.3, -0.25) is 0 Å². The molecule has 0 aliphatic rings. The zero-order valence-electron chi connectivity index (χ0n) is 9.53. The Morgan fingerprint density at radius 2 is 1.93 bits per heavy atom. The third kappa shape index (κ3) is 3.52. The number of aliphatic hydroxyl groups excluding tert-OH is 1. The Labute approximate surface area is 96.1 Å². The van der Waals surface area contributed by atoms with E-state index in [1.807, 2.05) is 18.8 Å². The molecule has 0 heterocycles. The lowest BCUT2D eigenvalue weighted by molar-refractivity contribution is 0.150. The van der Waals surface area contributed by atoms with Crippen LogP contribution in [0.3, 0.4) is 0 Å². The molecular weight excluding hydrogens is 206 g/mol. The number of benzene rings is 1. The summed E-state index contributed by atoms with van der Waals surface area (Å²) in [5.41, 5.74) is 1.13. The van der Waals surface area contributed by atoms with Gasteiger partial charge in [0.15, 0.2) is 0 Å². The first-order chi connectivity index (χ1) is 7.19. The highest BCUT2D eigenvalue weighted by Gasteiger charge is 2.14. The smallest absolute Gasteiger partial charge is 0.0706 e. The molecule has 1 aromatic carbocycles. The number of nitrogens with one attached hydrogen (secondary N) is 1. The van der Waals surface area contributed by atoms with E-state index < -0.39 is 0 Å². The van der Waals surface area contributed by atoms with Crippen molar-refractivity contribution in [3.63, 3.8) is 0 Å². The predicted octanol–water partition coefficient (Wildman–Crippen LogP) is 2.44. The quantitative estimate of drug-likeness (QED) is 0.755. The second-order valence-corrected chi connectivity index (χ2v) is 4.85. The lowest BCUT2D eigenvalue weighted by Gasteiger charge is -2.19. The van der Waals surface area contributed by atoms with Crippen LogP contribution in [0, 0.1) is 0 Å². The van der Waals surface area contributed by atoms with Gasteiger partial charge in [0.25, 0.3) is 0 Å². The number of rotatable bonds is 5. The molecule has 2 N–H and O–H groups in total. The summed E-state index contributed by atoms with van der Waals surface area (Å²) in [6.07, 6.45) is -0.375. The molecule has 1 rings (SSSR count). The number of thioether (sulfide) groups is 1. The van der Waals surface area contributed by atoms with Gasteiger partial charge in [0.05, 0.1) is 12.1 Å². The first kappa shape index (κ1) is 12.6. The van der Waals surface area contributed by atoms with Crippen LogP contribution in [-0.4, -0.2) is 24.0 Å². The standard InChI is InChI=1S/C12H19NOS/c1-4-15-11-7-5-10(6-8-11)12(13-3)9(2)14/h5-9,12-14H,4H2,1-3H3. The minimum atomic E-state index is -0.375. The van der Waals surface area contributed by atoms with Crippen LogP contribution in [0.15, 0.2) is 29.2 Å². The van der Waals surface area contributed by atoms with Crippen LogP contribution in [-0.2, 0) is 0 Å². The molecule has 0 spiro atoms. The van der Waals surface area contributed by atoms with Crippen molar-refractivity contribution in [3.8, 4) is 0 Å². The van der Waals surface area contributed by atoms with Crippen LogP contribution in [0.5, 0.6) is 0 Å². The van der Waals surface area contributed by atoms with E-state index in [2.05, 4.69) is 36.5 Å². The molecule has 0 aliphatic heterocycles. The second-order valence-electron chi connectivity index (χ2n) is 3.51. The average molecular weight is 225 g/mol. The topological polar surface area (TPSA) is 32.3 Å². The van der Waals surface area contributed by atoms with Gasteiger partial charge in [0.2, 0.25) is 0 Å². The van der Waals surface area contributed by atoms with Crippen molar-refractivity contribution in [2.45, 2.75) is 30.9 Å². The fraction of sp³-hybridized carbons (Fsp3) is 0.500. The number of aliphatic hydroxyl groups is 1. The van der Waals surface area contributed by atoms with Crippen LogP contribution in [0.25, 0.3) is 0 Å². The molecule has 2 atom stereocenters. The third-order valence-electron chi connectivity index (χ3n) is 2.34. The van der Waals surface area contributed by atoms with Gasteiger partial charge in [-0.2, -0.15) is 0 Å². The van der Waals surface area contributed by atoms with Crippen molar-refractivity contribution in [3.05, 3.63) is 29.8 Å². The SMILES string of the molecule is CCSc1ccc(C(NC)C(C)O)cc1. The molecule has 1 aromatic rings. The average Bonchev–Trinajstić information content (AvgIpc) is 2.21. The Morgan fingerprint density at radius 1 is 1.33 bits per heavy atom.